The number of ether oxygens (including phenoxy) is 2. The van der Waals surface area contributed by atoms with Gasteiger partial charge in [0.1, 0.15) is 18.8 Å². The molecule has 0 aliphatic heterocycles. The molecule has 8 nitrogen and oxygen atoms in total. The van der Waals surface area contributed by atoms with Crippen LogP contribution in [-0.2, 0) is 23.9 Å². The Bertz CT molecular complexity index is 1300. The summed E-state index contributed by atoms with van der Waals surface area (Å²) < 4.78 is 12.2. The van der Waals surface area contributed by atoms with Gasteiger partial charge in [0.25, 0.3) is 0 Å². The van der Waals surface area contributed by atoms with Crippen molar-refractivity contribution in [2.24, 2.45) is 47.2 Å². The van der Waals surface area contributed by atoms with Gasteiger partial charge in [0, 0.05) is 0 Å². The van der Waals surface area contributed by atoms with Crippen LogP contribution in [0.1, 0.15) is 102 Å². The zero-order chi connectivity index (χ0) is 34.6. The molecule has 1 amide bonds. The number of benzene rings is 2. The summed E-state index contributed by atoms with van der Waals surface area (Å²) in [6, 6.07) is 17.8. The van der Waals surface area contributed by atoms with Crippen molar-refractivity contribution in [2.45, 2.75) is 97.2 Å². The van der Waals surface area contributed by atoms with Crippen molar-refractivity contribution in [2.75, 3.05) is 13.2 Å². The summed E-state index contributed by atoms with van der Waals surface area (Å²) in [5, 5.41) is 2.90. The fraction of sp³-hybridized carbons (Fsp3) is 0.615. The van der Waals surface area contributed by atoms with Gasteiger partial charge >= 0.3 is 11.9 Å². The van der Waals surface area contributed by atoms with E-state index in [-0.39, 0.29) is 48.9 Å². The first-order chi connectivity index (χ1) is 23.1. The van der Waals surface area contributed by atoms with Crippen LogP contribution in [0.4, 0.5) is 0 Å². The van der Waals surface area contributed by atoms with Gasteiger partial charge in [0.2, 0.25) is 5.91 Å². The molecular weight excluding hydrogens is 626 g/mol. The van der Waals surface area contributed by atoms with Crippen molar-refractivity contribution in [3.63, 3.8) is 0 Å². The highest BCUT2D eigenvalue weighted by atomic mass is 35.5. The van der Waals surface area contributed by atoms with Crippen molar-refractivity contribution in [1.82, 2.24) is 10.2 Å². The Morgan fingerprint density at radius 2 is 1.54 bits per heavy atom. The summed E-state index contributed by atoms with van der Waals surface area (Å²) in [5.74, 6) is 1.24. The topological polar surface area (TPSA) is 120 Å². The molecule has 2 aromatic carbocycles. The lowest BCUT2D eigenvalue weighted by atomic mass is 9.67. The van der Waals surface area contributed by atoms with Crippen LogP contribution in [0, 0.1) is 41.4 Å². The third-order valence-electron chi connectivity index (χ3n) is 10.9. The Morgan fingerprint density at radius 1 is 0.896 bits per heavy atom. The lowest BCUT2D eigenvalue weighted by Crippen LogP contribution is -2.39. The van der Waals surface area contributed by atoms with Gasteiger partial charge in [-0.15, -0.1) is 0 Å². The molecule has 2 aromatic rings. The molecule has 9 heteroatoms. The van der Waals surface area contributed by atoms with Crippen LogP contribution in [-0.4, -0.2) is 37.1 Å². The second-order valence-electron chi connectivity index (χ2n) is 14.6. The highest BCUT2D eigenvalue weighted by Crippen LogP contribution is 2.43. The number of rotatable bonds is 15. The van der Waals surface area contributed by atoms with E-state index in [0.717, 1.165) is 62.5 Å². The summed E-state index contributed by atoms with van der Waals surface area (Å²) >= 11 is 6.03. The van der Waals surface area contributed by atoms with Crippen molar-refractivity contribution in [1.29, 1.82) is 0 Å². The summed E-state index contributed by atoms with van der Waals surface area (Å²) in [7, 11) is 0. The minimum absolute atomic E-state index is 0.0735. The summed E-state index contributed by atoms with van der Waals surface area (Å²) in [6.07, 6.45) is 7.79. The molecule has 0 radical (unpaired) electrons. The summed E-state index contributed by atoms with van der Waals surface area (Å²) in [5.41, 5.74) is 7.22. The largest absolute Gasteiger partial charge is 0.463 e. The van der Waals surface area contributed by atoms with Gasteiger partial charge in [-0.3, -0.25) is 9.59 Å². The molecule has 2 saturated carbocycles. The van der Waals surface area contributed by atoms with Gasteiger partial charge in [0.15, 0.2) is 0 Å². The fourth-order valence-electron chi connectivity index (χ4n) is 8.00. The number of halogens is 1. The molecular formula is C39H56ClN3O5. The molecule has 0 saturated heterocycles. The van der Waals surface area contributed by atoms with Gasteiger partial charge in [-0.1, -0.05) is 108 Å². The van der Waals surface area contributed by atoms with E-state index in [9.17, 15) is 14.4 Å². The van der Waals surface area contributed by atoms with E-state index in [2.05, 4.69) is 37.8 Å². The van der Waals surface area contributed by atoms with Crippen LogP contribution in [0.15, 0.2) is 60.7 Å². The van der Waals surface area contributed by atoms with E-state index in [4.69, 9.17) is 27.0 Å². The van der Waals surface area contributed by atoms with E-state index in [1.54, 1.807) is 0 Å². The van der Waals surface area contributed by atoms with Crippen molar-refractivity contribution >= 4 is 29.6 Å². The van der Waals surface area contributed by atoms with Gasteiger partial charge in [-0.05, 0) is 90.5 Å². The molecule has 0 bridgehead atoms. The third kappa shape index (κ3) is 10.5. The number of carbonyl (C=O) groups excluding carboxylic acids is 3. The molecule has 0 aromatic heterocycles. The fourth-order valence-corrected chi connectivity index (χ4v) is 8.22. The Labute approximate surface area is 292 Å². The maximum absolute atomic E-state index is 13.7. The number of nitrogens with one attached hydrogen (secondary N) is 2. The molecule has 48 heavy (non-hydrogen) atoms. The standard InChI is InChI=1S/C39H56ClN3O5/c1-25(2)31-20-18-28(22-35(31)48-39(46)37(43-40)30-13-9-6-10-14-30)17-16-27(4)32-19-15-26(3)21-33(32)38(45)47-24-34(42-36(44)23-41)29-11-7-5-8-12-29/h5-14,25-28,31-35,37,43H,15-24,41H2,1-4H3,(H,42,44)/t26-,27?,28-,31+,32+,33-,34-,35-,37+/m1/s1. The molecule has 4 N–H and O–H groups in total. The number of carbonyl (C=O) groups is 3. The molecule has 2 fully saturated rings. The number of nitrogens with two attached hydrogens (primary N) is 1. The Kier molecular flexibility index (Phi) is 14.8. The SMILES string of the molecule is CC(C)[C@@H]1CC[C@@H](CCC(C)[C@@H]2CC[C@@H](C)C[C@H]2C(=O)OC[C@@H](NC(=O)CN)c2ccccc2)C[C@H]1OC(=O)[C@@H](NCl)c1ccccc1. The second kappa shape index (κ2) is 18.7. The van der Waals surface area contributed by atoms with E-state index in [0.29, 0.717) is 29.6 Å². The van der Waals surface area contributed by atoms with Crippen LogP contribution < -0.4 is 15.9 Å². The van der Waals surface area contributed by atoms with Crippen LogP contribution in [0.3, 0.4) is 0 Å². The highest BCUT2D eigenvalue weighted by molar-refractivity contribution is 6.14. The Morgan fingerprint density at radius 3 is 2.17 bits per heavy atom. The molecule has 9 atom stereocenters. The number of esters is 2. The zero-order valence-corrected chi connectivity index (χ0v) is 29.9. The molecule has 0 heterocycles. The quantitative estimate of drug-likeness (QED) is 0.133. The predicted octanol–water partition coefficient (Wildman–Crippen LogP) is 7.28. The molecule has 2 aliphatic carbocycles. The minimum atomic E-state index is -0.716. The van der Waals surface area contributed by atoms with E-state index >= 15 is 0 Å². The van der Waals surface area contributed by atoms with Crippen molar-refractivity contribution < 1.29 is 23.9 Å². The molecule has 264 valence electrons. The first-order valence-corrected chi connectivity index (χ1v) is 18.3. The predicted molar refractivity (Wildman–Crippen MR) is 189 cm³/mol. The first kappa shape index (κ1) is 37.9. The van der Waals surface area contributed by atoms with Crippen LogP contribution in [0.25, 0.3) is 0 Å². The number of amides is 1. The molecule has 0 spiro atoms. The number of hydrogen-bond acceptors (Lipinski definition) is 7. The van der Waals surface area contributed by atoms with E-state index in [1.807, 2.05) is 60.7 Å². The third-order valence-corrected chi connectivity index (χ3v) is 11.1. The highest BCUT2D eigenvalue weighted by Gasteiger charge is 2.40. The summed E-state index contributed by atoms with van der Waals surface area (Å²) in [6.45, 7) is 8.86. The van der Waals surface area contributed by atoms with Crippen molar-refractivity contribution in [3.8, 4) is 0 Å². The van der Waals surface area contributed by atoms with Gasteiger partial charge < -0.3 is 20.5 Å². The normalized spacial score (nSPS) is 26.2. The smallest absolute Gasteiger partial charge is 0.329 e. The van der Waals surface area contributed by atoms with Gasteiger partial charge in [-0.2, -0.15) is 0 Å². The average Bonchev–Trinajstić information content (AvgIpc) is 3.09. The molecule has 2 aliphatic rings. The van der Waals surface area contributed by atoms with Crippen LogP contribution in [0.2, 0.25) is 0 Å². The second-order valence-corrected chi connectivity index (χ2v) is 14.8. The Hall–Kier alpha value is -2.94. The maximum Gasteiger partial charge on any atom is 0.329 e. The van der Waals surface area contributed by atoms with Crippen LogP contribution >= 0.6 is 11.8 Å². The lowest BCUT2D eigenvalue weighted by molar-refractivity contribution is -0.158. The first-order valence-electron chi connectivity index (χ1n) is 17.9. The number of hydrogen-bond donors (Lipinski definition) is 3. The van der Waals surface area contributed by atoms with Crippen LogP contribution in [0.5, 0.6) is 0 Å². The maximum atomic E-state index is 13.7. The lowest BCUT2D eigenvalue weighted by Gasteiger charge is -2.40. The minimum Gasteiger partial charge on any atom is -0.463 e. The molecule has 4 rings (SSSR count). The van der Waals surface area contributed by atoms with Gasteiger partial charge in [-0.25, -0.2) is 9.63 Å². The summed E-state index contributed by atoms with van der Waals surface area (Å²) in [4.78, 5) is 41.8. The zero-order valence-electron chi connectivity index (χ0n) is 29.1. The van der Waals surface area contributed by atoms with E-state index < -0.39 is 12.1 Å². The molecule has 1 unspecified atom stereocenters. The monoisotopic (exact) mass is 681 g/mol. The van der Waals surface area contributed by atoms with Crippen molar-refractivity contribution in [3.05, 3.63) is 71.8 Å². The van der Waals surface area contributed by atoms with E-state index in [1.165, 1.54) is 0 Å². The Balaban J connectivity index is 1.36. The average molecular weight is 682 g/mol. The van der Waals surface area contributed by atoms with Gasteiger partial charge in [0.05, 0.1) is 18.5 Å².